The Kier molecular flexibility index (Phi) is 4.45. The number of rotatable bonds is 5. The summed E-state index contributed by atoms with van der Waals surface area (Å²) < 4.78 is 25.5. The van der Waals surface area contributed by atoms with Gasteiger partial charge < -0.3 is 5.11 Å². The lowest BCUT2D eigenvalue weighted by Crippen LogP contribution is -2.38. The van der Waals surface area contributed by atoms with Crippen LogP contribution in [0.2, 0.25) is 5.02 Å². The molecular formula is C9H9ClN2O6S. The number of non-ortho nitro benzene ring substituents is 1. The summed E-state index contributed by atoms with van der Waals surface area (Å²) >= 11 is 5.65. The number of benzene rings is 1. The highest BCUT2D eigenvalue weighted by atomic mass is 35.5. The van der Waals surface area contributed by atoms with Crippen molar-refractivity contribution in [3.05, 3.63) is 33.3 Å². The minimum absolute atomic E-state index is 0.362. The molecule has 0 spiro atoms. The van der Waals surface area contributed by atoms with Crippen LogP contribution in [0.1, 0.15) is 6.92 Å². The quantitative estimate of drug-likeness (QED) is 0.617. The summed E-state index contributed by atoms with van der Waals surface area (Å²) in [7, 11) is -4.16. The molecule has 10 heteroatoms. The molecule has 0 bridgehead atoms. The molecule has 0 heterocycles. The van der Waals surface area contributed by atoms with E-state index in [2.05, 4.69) is 0 Å². The van der Waals surface area contributed by atoms with E-state index in [0.717, 1.165) is 25.1 Å². The van der Waals surface area contributed by atoms with Gasteiger partial charge in [-0.3, -0.25) is 14.9 Å². The number of carboxylic acids is 1. The predicted molar refractivity (Wildman–Crippen MR) is 65.5 cm³/mol. The Morgan fingerprint density at radius 2 is 2.11 bits per heavy atom. The van der Waals surface area contributed by atoms with E-state index in [0.29, 0.717) is 0 Å². The lowest BCUT2D eigenvalue weighted by molar-refractivity contribution is -0.384. The zero-order valence-corrected chi connectivity index (χ0v) is 11.1. The van der Waals surface area contributed by atoms with Crippen molar-refractivity contribution in [2.24, 2.45) is 0 Å². The number of sulfonamides is 1. The molecule has 0 amide bonds. The highest BCUT2D eigenvalue weighted by Crippen LogP contribution is 2.26. The van der Waals surface area contributed by atoms with Gasteiger partial charge >= 0.3 is 5.97 Å². The van der Waals surface area contributed by atoms with Crippen LogP contribution in [0.5, 0.6) is 0 Å². The number of hydrogen-bond acceptors (Lipinski definition) is 5. The summed E-state index contributed by atoms with van der Waals surface area (Å²) in [5, 5.41) is 18.8. The molecular weight excluding hydrogens is 300 g/mol. The number of aliphatic carboxylic acids is 1. The molecule has 0 aliphatic carbocycles. The molecule has 19 heavy (non-hydrogen) atoms. The van der Waals surface area contributed by atoms with Crippen LogP contribution in [0.25, 0.3) is 0 Å². The minimum atomic E-state index is -4.16. The monoisotopic (exact) mass is 308 g/mol. The molecule has 104 valence electrons. The van der Waals surface area contributed by atoms with Crippen molar-refractivity contribution in [2.75, 3.05) is 0 Å². The lowest BCUT2D eigenvalue weighted by Gasteiger charge is -2.11. The van der Waals surface area contributed by atoms with Crippen LogP contribution in [0.4, 0.5) is 5.69 Å². The average Bonchev–Trinajstić information content (AvgIpc) is 2.27. The van der Waals surface area contributed by atoms with Crippen molar-refractivity contribution < 1.29 is 23.2 Å². The fourth-order valence-corrected chi connectivity index (χ4v) is 2.90. The molecule has 2 N–H and O–H groups in total. The van der Waals surface area contributed by atoms with Gasteiger partial charge in [-0.15, -0.1) is 0 Å². The minimum Gasteiger partial charge on any atom is -0.480 e. The maximum atomic E-state index is 11.8. The fourth-order valence-electron chi connectivity index (χ4n) is 1.17. The van der Waals surface area contributed by atoms with Crippen molar-refractivity contribution in [1.82, 2.24) is 4.72 Å². The van der Waals surface area contributed by atoms with Gasteiger partial charge in [-0.1, -0.05) is 11.6 Å². The van der Waals surface area contributed by atoms with Crippen LogP contribution >= 0.6 is 11.6 Å². The third-order valence-electron chi connectivity index (χ3n) is 2.12. The van der Waals surface area contributed by atoms with Crippen LogP contribution in [-0.2, 0) is 14.8 Å². The number of hydrogen-bond donors (Lipinski definition) is 2. The number of nitro benzene ring substituents is 1. The molecule has 0 radical (unpaired) electrons. The number of nitro groups is 1. The van der Waals surface area contributed by atoms with Gasteiger partial charge in [0.05, 0.1) is 9.95 Å². The van der Waals surface area contributed by atoms with Gasteiger partial charge in [0.15, 0.2) is 0 Å². The topological polar surface area (TPSA) is 127 Å². The molecule has 0 saturated carbocycles. The molecule has 0 aliphatic rings. The second-order valence-electron chi connectivity index (χ2n) is 3.55. The molecule has 0 aromatic heterocycles. The molecule has 0 fully saturated rings. The van der Waals surface area contributed by atoms with Crippen LogP contribution in [0, 0.1) is 10.1 Å². The Labute approximate surface area is 113 Å². The zero-order chi connectivity index (χ0) is 14.8. The maximum absolute atomic E-state index is 11.8. The number of nitrogens with one attached hydrogen (secondary N) is 1. The van der Waals surface area contributed by atoms with E-state index in [9.17, 15) is 23.3 Å². The maximum Gasteiger partial charge on any atom is 0.321 e. The SMILES string of the molecule is C[C@@H](NS(=O)(=O)c1ccc([N+](=O)[O-])cc1Cl)C(=O)O. The number of halogens is 1. The van der Waals surface area contributed by atoms with Gasteiger partial charge in [0.25, 0.3) is 5.69 Å². The van der Waals surface area contributed by atoms with E-state index in [1.807, 2.05) is 4.72 Å². The number of nitrogens with zero attached hydrogens (tertiary/aromatic N) is 1. The first-order chi connectivity index (χ1) is 8.65. The van der Waals surface area contributed by atoms with Crippen LogP contribution in [-0.4, -0.2) is 30.5 Å². The molecule has 1 atom stereocenters. The van der Waals surface area contributed by atoms with Gasteiger partial charge in [-0.05, 0) is 13.0 Å². The largest absolute Gasteiger partial charge is 0.480 e. The molecule has 0 aliphatic heterocycles. The first-order valence-corrected chi connectivity index (χ1v) is 6.70. The fraction of sp³-hybridized carbons (Fsp3) is 0.222. The second kappa shape index (κ2) is 5.51. The van der Waals surface area contributed by atoms with Gasteiger partial charge in [-0.25, -0.2) is 8.42 Å². The van der Waals surface area contributed by atoms with E-state index < -0.39 is 31.9 Å². The van der Waals surface area contributed by atoms with Gasteiger partial charge in [0.1, 0.15) is 10.9 Å². The summed E-state index contributed by atoms with van der Waals surface area (Å²) in [6.07, 6.45) is 0. The van der Waals surface area contributed by atoms with Gasteiger partial charge in [0, 0.05) is 12.1 Å². The second-order valence-corrected chi connectivity index (χ2v) is 5.64. The molecule has 1 rings (SSSR count). The summed E-state index contributed by atoms with van der Waals surface area (Å²) in [6.45, 7) is 1.14. The summed E-state index contributed by atoms with van der Waals surface area (Å²) in [5.74, 6) is -1.36. The summed E-state index contributed by atoms with van der Waals surface area (Å²) in [4.78, 5) is 19.9. The Balaban J connectivity index is 3.16. The molecule has 8 nitrogen and oxygen atoms in total. The van der Waals surface area contributed by atoms with Crippen LogP contribution in [0.3, 0.4) is 0 Å². The lowest BCUT2D eigenvalue weighted by atomic mass is 10.3. The van der Waals surface area contributed by atoms with E-state index in [4.69, 9.17) is 16.7 Å². The molecule has 1 aromatic rings. The number of carbonyl (C=O) groups is 1. The third kappa shape index (κ3) is 3.63. The summed E-state index contributed by atoms with van der Waals surface area (Å²) in [5.41, 5.74) is -0.366. The normalized spacial score (nSPS) is 12.9. The smallest absolute Gasteiger partial charge is 0.321 e. The Bertz CT molecular complexity index is 630. The van der Waals surface area contributed by atoms with Gasteiger partial charge in [-0.2, -0.15) is 4.72 Å². The van der Waals surface area contributed by atoms with E-state index in [1.165, 1.54) is 0 Å². The Hall–Kier alpha value is -1.71. The van der Waals surface area contributed by atoms with Crippen molar-refractivity contribution in [3.63, 3.8) is 0 Å². The van der Waals surface area contributed by atoms with Gasteiger partial charge in [0.2, 0.25) is 10.0 Å². The molecule has 0 unspecified atom stereocenters. The van der Waals surface area contributed by atoms with Crippen LogP contribution < -0.4 is 4.72 Å². The van der Waals surface area contributed by atoms with Crippen molar-refractivity contribution in [1.29, 1.82) is 0 Å². The highest BCUT2D eigenvalue weighted by molar-refractivity contribution is 7.89. The van der Waals surface area contributed by atoms with E-state index in [1.54, 1.807) is 0 Å². The zero-order valence-electron chi connectivity index (χ0n) is 9.53. The molecule has 1 aromatic carbocycles. The van der Waals surface area contributed by atoms with Crippen molar-refractivity contribution >= 4 is 33.3 Å². The van der Waals surface area contributed by atoms with E-state index in [-0.39, 0.29) is 10.7 Å². The van der Waals surface area contributed by atoms with Crippen LogP contribution in [0.15, 0.2) is 23.1 Å². The first kappa shape index (κ1) is 15.3. The number of carboxylic acid groups (broad SMARTS) is 1. The predicted octanol–water partition coefficient (Wildman–Crippen LogP) is 1.000. The standard InChI is InChI=1S/C9H9ClN2O6S/c1-5(9(13)14)11-19(17,18)8-3-2-6(12(15)16)4-7(8)10/h2-5,11H,1H3,(H,13,14)/t5-/m1/s1. The first-order valence-electron chi connectivity index (χ1n) is 4.84. The van der Waals surface area contributed by atoms with E-state index >= 15 is 0 Å². The van der Waals surface area contributed by atoms with Crippen molar-refractivity contribution in [3.8, 4) is 0 Å². The van der Waals surface area contributed by atoms with Crippen molar-refractivity contribution in [2.45, 2.75) is 17.9 Å². The third-order valence-corrected chi connectivity index (χ3v) is 4.14. The highest BCUT2D eigenvalue weighted by Gasteiger charge is 2.24. The molecule has 0 saturated heterocycles. The Morgan fingerprint density at radius 1 is 1.53 bits per heavy atom. The average molecular weight is 309 g/mol. The summed E-state index contributed by atoms with van der Waals surface area (Å²) in [6, 6.07) is 1.43. The Morgan fingerprint density at radius 3 is 2.53 bits per heavy atom.